The van der Waals surface area contributed by atoms with Crippen molar-refractivity contribution in [3.05, 3.63) is 65.7 Å². The van der Waals surface area contributed by atoms with Crippen LogP contribution in [0.3, 0.4) is 0 Å². The number of benzene rings is 2. The van der Waals surface area contributed by atoms with Gasteiger partial charge < -0.3 is 5.32 Å². The molecule has 2 aromatic carbocycles. The third-order valence-corrected chi connectivity index (χ3v) is 4.92. The lowest BCUT2D eigenvalue weighted by molar-refractivity contribution is -0.137. The molecular weight excluding hydrogens is 369 g/mol. The van der Waals surface area contributed by atoms with Gasteiger partial charge in [0.05, 0.1) is 10.5 Å². The van der Waals surface area contributed by atoms with Crippen LogP contribution in [0.25, 0.3) is 0 Å². The van der Waals surface area contributed by atoms with Gasteiger partial charge in [-0.3, -0.25) is 4.79 Å². The van der Waals surface area contributed by atoms with Crippen LogP contribution in [0.5, 0.6) is 0 Å². The van der Waals surface area contributed by atoms with Crippen LogP contribution in [0.15, 0.2) is 59.5 Å². The van der Waals surface area contributed by atoms with Gasteiger partial charge in [-0.15, -0.1) is 0 Å². The second-order valence-corrected chi connectivity index (χ2v) is 7.20. The van der Waals surface area contributed by atoms with Gasteiger partial charge in [-0.2, -0.15) is 13.2 Å². The third kappa shape index (κ3) is 5.85. The lowest BCUT2D eigenvalue weighted by Gasteiger charge is -2.10. The standard InChI is InChI=1S/C17H17F3N2O3S/c18-17(19,20)14-6-4-5-13(11-14)12-21-16(23)9-10-22-26(24,25)15-7-2-1-3-8-15/h1-8,11,22H,9-10,12H2,(H,21,23). The zero-order chi connectivity index (χ0) is 19.2. The summed E-state index contributed by atoms with van der Waals surface area (Å²) in [6, 6.07) is 12.3. The number of hydrogen-bond acceptors (Lipinski definition) is 3. The fourth-order valence-electron chi connectivity index (χ4n) is 2.13. The summed E-state index contributed by atoms with van der Waals surface area (Å²) in [5.74, 6) is -0.474. The molecule has 0 spiro atoms. The molecule has 0 heterocycles. The number of nitrogens with one attached hydrogen (secondary N) is 2. The quantitative estimate of drug-likeness (QED) is 0.768. The van der Waals surface area contributed by atoms with E-state index in [1.165, 1.54) is 24.3 Å². The van der Waals surface area contributed by atoms with Gasteiger partial charge in [0.2, 0.25) is 15.9 Å². The van der Waals surface area contributed by atoms with Crippen molar-refractivity contribution in [3.8, 4) is 0 Å². The van der Waals surface area contributed by atoms with Gasteiger partial charge >= 0.3 is 6.18 Å². The highest BCUT2D eigenvalue weighted by atomic mass is 32.2. The van der Waals surface area contributed by atoms with Crippen molar-refractivity contribution >= 4 is 15.9 Å². The molecular formula is C17H17F3N2O3S. The summed E-state index contributed by atoms with van der Waals surface area (Å²) in [5.41, 5.74) is -0.488. The van der Waals surface area contributed by atoms with Crippen molar-refractivity contribution in [2.45, 2.75) is 24.0 Å². The molecule has 0 aliphatic carbocycles. The summed E-state index contributed by atoms with van der Waals surface area (Å²) in [7, 11) is -3.70. The van der Waals surface area contributed by atoms with E-state index in [-0.39, 0.29) is 24.4 Å². The largest absolute Gasteiger partial charge is 0.416 e. The van der Waals surface area contributed by atoms with E-state index in [1.54, 1.807) is 18.2 Å². The number of hydrogen-bond donors (Lipinski definition) is 2. The summed E-state index contributed by atoms with van der Waals surface area (Å²) in [4.78, 5) is 11.8. The van der Waals surface area contributed by atoms with Crippen LogP contribution in [0.4, 0.5) is 13.2 Å². The van der Waals surface area contributed by atoms with Crippen LogP contribution in [0.2, 0.25) is 0 Å². The molecule has 0 saturated heterocycles. The topological polar surface area (TPSA) is 75.3 Å². The maximum Gasteiger partial charge on any atom is 0.416 e. The third-order valence-electron chi connectivity index (χ3n) is 3.44. The number of carbonyl (C=O) groups is 1. The predicted molar refractivity (Wildman–Crippen MR) is 89.5 cm³/mol. The first-order chi connectivity index (χ1) is 12.2. The minimum atomic E-state index is -4.45. The maximum absolute atomic E-state index is 12.6. The number of amides is 1. The fraction of sp³-hybridized carbons (Fsp3) is 0.235. The van der Waals surface area contributed by atoms with E-state index in [9.17, 15) is 26.4 Å². The molecule has 5 nitrogen and oxygen atoms in total. The number of alkyl halides is 3. The van der Waals surface area contributed by atoms with E-state index in [0.717, 1.165) is 12.1 Å². The van der Waals surface area contributed by atoms with E-state index in [1.807, 2.05) is 0 Å². The molecule has 0 bridgehead atoms. The Kier molecular flexibility index (Phi) is 6.38. The molecule has 1 amide bonds. The van der Waals surface area contributed by atoms with Crippen molar-refractivity contribution in [2.75, 3.05) is 6.54 Å². The van der Waals surface area contributed by atoms with Crippen LogP contribution in [-0.4, -0.2) is 20.9 Å². The Bertz CT molecular complexity index is 853. The van der Waals surface area contributed by atoms with E-state index < -0.39 is 27.7 Å². The summed E-state index contributed by atoms with van der Waals surface area (Å²) in [6.45, 7) is -0.195. The number of rotatable bonds is 7. The summed E-state index contributed by atoms with van der Waals surface area (Å²) >= 11 is 0. The van der Waals surface area contributed by atoms with Crippen molar-refractivity contribution in [2.24, 2.45) is 0 Å². The van der Waals surface area contributed by atoms with E-state index in [4.69, 9.17) is 0 Å². The molecule has 26 heavy (non-hydrogen) atoms. The highest BCUT2D eigenvalue weighted by Gasteiger charge is 2.30. The highest BCUT2D eigenvalue weighted by molar-refractivity contribution is 7.89. The average Bonchev–Trinajstić information content (AvgIpc) is 2.60. The molecule has 0 aliphatic rings. The van der Waals surface area contributed by atoms with Gasteiger partial charge in [0.25, 0.3) is 0 Å². The Morgan fingerprint density at radius 3 is 2.35 bits per heavy atom. The summed E-state index contributed by atoms with van der Waals surface area (Å²) in [6.07, 6.45) is -4.58. The van der Waals surface area contributed by atoms with E-state index in [0.29, 0.717) is 5.56 Å². The SMILES string of the molecule is O=C(CCNS(=O)(=O)c1ccccc1)NCc1cccc(C(F)(F)F)c1. The Morgan fingerprint density at radius 1 is 1.00 bits per heavy atom. The molecule has 0 saturated carbocycles. The molecule has 0 aliphatic heterocycles. The van der Waals surface area contributed by atoms with Crippen LogP contribution in [0, 0.1) is 0 Å². The predicted octanol–water partition coefficient (Wildman–Crippen LogP) is 2.69. The maximum atomic E-state index is 12.6. The molecule has 2 rings (SSSR count). The minimum Gasteiger partial charge on any atom is -0.352 e. The lowest BCUT2D eigenvalue weighted by Crippen LogP contribution is -2.30. The molecule has 2 N–H and O–H groups in total. The van der Waals surface area contributed by atoms with E-state index in [2.05, 4.69) is 10.0 Å². The Balaban J connectivity index is 1.81. The second kappa shape index (κ2) is 8.33. The number of sulfonamides is 1. The number of halogens is 3. The molecule has 0 aromatic heterocycles. The molecule has 140 valence electrons. The molecule has 0 radical (unpaired) electrons. The van der Waals surface area contributed by atoms with Crippen molar-refractivity contribution in [1.29, 1.82) is 0 Å². The van der Waals surface area contributed by atoms with Crippen molar-refractivity contribution in [1.82, 2.24) is 10.0 Å². The average molecular weight is 386 g/mol. The van der Waals surface area contributed by atoms with Gasteiger partial charge in [0, 0.05) is 19.5 Å². The monoisotopic (exact) mass is 386 g/mol. The van der Waals surface area contributed by atoms with Crippen LogP contribution < -0.4 is 10.0 Å². The summed E-state index contributed by atoms with van der Waals surface area (Å²) < 4.78 is 64.1. The van der Waals surface area contributed by atoms with Crippen LogP contribution >= 0.6 is 0 Å². The molecule has 9 heteroatoms. The fourth-order valence-corrected chi connectivity index (χ4v) is 3.18. The first-order valence-corrected chi connectivity index (χ1v) is 9.14. The van der Waals surface area contributed by atoms with Gasteiger partial charge in [-0.25, -0.2) is 13.1 Å². The molecule has 0 atom stereocenters. The Labute approximate surface area is 149 Å². The van der Waals surface area contributed by atoms with Crippen molar-refractivity contribution < 1.29 is 26.4 Å². The Hall–Kier alpha value is -2.39. The van der Waals surface area contributed by atoms with E-state index >= 15 is 0 Å². The van der Waals surface area contributed by atoms with Crippen molar-refractivity contribution in [3.63, 3.8) is 0 Å². The zero-order valence-corrected chi connectivity index (χ0v) is 14.4. The van der Waals surface area contributed by atoms with Gasteiger partial charge in [0.15, 0.2) is 0 Å². The first-order valence-electron chi connectivity index (χ1n) is 7.66. The van der Waals surface area contributed by atoms with Gasteiger partial charge in [-0.1, -0.05) is 30.3 Å². The lowest BCUT2D eigenvalue weighted by atomic mass is 10.1. The molecule has 2 aromatic rings. The highest BCUT2D eigenvalue weighted by Crippen LogP contribution is 2.29. The van der Waals surface area contributed by atoms with Crippen LogP contribution in [0.1, 0.15) is 17.5 Å². The molecule has 0 fully saturated rings. The van der Waals surface area contributed by atoms with Gasteiger partial charge in [0.1, 0.15) is 0 Å². The zero-order valence-electron chi connectivity index (χ0n) is 13.6. The normalized spacial score (nSPS) is 12.0. The number of carbonyl (C=O) groups excluding carboxylic acids is 1. The summed E-state index contributed by atoms with van der Waals surface area (Å²) in [5, 5.41) is 2.46. The van der Waals surface area contributed by atoms with Gasteiger partial charge in [-0.05, 0) is 29.8 Å². The van der Waals surface area contributed by atoms with Crippen LogP contribution in [-0.2, 0) is 27.5 Å². The second-order valence-electron chi connectivity index (χ2n) is 5.44. The smallest absolute Gasteiger partial charge is 0.352 e. The minimum absolute atomic E-state index is 0.0752. The first kappa shape index (κ1) is 19.9. The Morgan fingerprint density at radius 2 is 1.69 bits per heavy atom. The molecule has 0 unspecified atom stereocenters.